The fraction of sp³-hybridized carbons (Fsp3) is 0.909. The Labute approximate surface area is 90.4 Å². The van der Waals surface area contributed by atoms with Crippen LogP contribution in [0, 0.1) is 0 Å². The van der Waals surface area contributed by atoms with Gasteiger partial charge in [-0.25, -0.2) is 4.79 Å². The van der Waals surface area contributed by atoms with E-state index >= 15 is 0 Å². The van der Waals surface area contributed by atoms with Crippen molar-refractivity contribution < 1.29 is 9.90 Å². The summed E-state index contributed by atoms with van der Waals surface area (Å²) in [5.74, 6) is 0. The molecule has 86 valence electrons. The number of rotatable bonds is 2. The number of nitrogens with one attached hydrogen (secondary N) is 2. The van der Waals surface area contributed by atoms with Crippen LogP contribution in [0.25, 0.3) is 0 Å². The summed E-state index contributed by atoms with van der Waals surface area (Å²) in [4.78, 5) is 11.5. The van der Waals surface area contributed by atoms with Crippen molar-refractivity contribution in [2.45, 2.75) is 63.1 Å². The highest BCUT2D eigenvalue weighted by molar-refractivity contribution is 5.74. The predicted molar refractivity (Wildman–Crippen MR) is 57.6 cm³/mol. The van der Waals surface area contributed by atoms with Crippen LogP contribution in [0.2, 0.25) is 0 Å². The van der Waals surface area contributed by atoms with Gasteiger partial charge in [0, 0.05) is 6.04 Å². The largest absolute Gasteiger partial charge is 0.391 e. The van der Waals surface area contributed by atoms with Crippen LogP contribution in [-0.4, -0.2) is 29.3 Å². The highest BCUT2D eigenvalue weighted by Crippen LogP contribution is 2.20. The molecule has 2 aliphatic carbocycles. The third kappa shape index (κ3) is 3.38. The second kappa shape index (κ2) is 4.84. The van der Waals surface area contributed by atoms with Gasteiger partial charge in [0.15, 0.2) is 0 Å². The quantitative estimate of drug-likeness (QED) is 0.601. The molecule has 0 heterocycles. The lowest BCUT2D eigenvalue weighted by Crippen LogP contribution is -2.47. The number of amides is 2. The maximum atomic E-state index is 11.5. The van der Waals surface area contributed by atoms with Crippen LogP contribution >= 0.6 is 0 Å². The maximum Gasteiger partial charge on any atom is 0.315 e. The minimum Gasteiger partial charge on any atom is -0.391 e. The van der Waals surface area contributed by atoms with Gasteiger partial charge >= 0.3 is 6.03 Å². The van der Waals surface area contributed by atoms with E-state index in [4.69, 9.17) is 0 Å². The molecule has 0 bridgehead atoms. The lowest BCUT2D eigenvalue weighted by Gasteiger charge is -2.21. The van der Waals surface area contributed by atoms with Gasteiger partial charge in [-0.05, 0) is 25.7 Å². The van der Waals surface area contributed by atoms with E-state index in [0.29, 0.717) is 6.04 Å². The predicted octanol–water partition coefficient (Wildman–Crippen LogP) is 1.14. The zero-order valence-electron chi connectivity index (χ0n) is 9.04. The Kier molecular flexibility index (Phi) is 3.46. The van der Waals surface area contributed by atoms with Crippen molar-refractivity contribution in [3.05, 3.63) is 0 Å². The van der Waals surface area contributed by atoms with Crippen LogP contribution in [0.4, 0.5) is 4.79 Å². The summed E-state index contributed by atoms with van der Waals surface area (Å²) in [6.07, 6.45) is 6.89. The fourth-order valence-corrected chi connectivity index (χ4v) is 2.08. The topological polar surface area (TPSA) is 61.4 Å². The molecule has 0 aromatic rings. The van der Waals surface area contributed by atoms with Crippen LogP contribution < -0.4 is 10.6 Å². The lowest BCUT2D eigenvalue weighted by molar-refractivity contribution is 0.122. The SMILES string of the molecule is O=C(NC1CC1)NC1CCCCCC1O. The summed E-state index contributed by atoms with van der Waals surface area (Å²) >= 11 is 0. The highest BCUT2D eigenvalue weighted by Gasteiger charge is 2.27. The lowest BCUT2D eigenvalue weighted by atomic mass is 10.1. The molecule has 2 saturated carbocycles. The van der Waals surface area contributed by atoms with Crippen LogP contribution in [0.1, 0.15) is 44.9 Å². The molecule has 0 spiro atoms. The molecule has 0 aromatic heterocycles. The summed E-state index contributed by atoms with van der Waals surface area (Å²) in [6, 6.07) is 0.225. The Hall–Kier alpha value is -0.770. The van der Waals surface area contributed by atoms with Crippen molar-refractivity contribution in [3.63, 3.8) is 0 Å². The molecule has 2 amide bonds. The average Bonchev–Trinajstić information content (AvgIpc) is 2.98. The van der Waals surface area contributed by atoms with Crippen molar-refractivity contribution in [1.29, 1.82) is 0 Å². The van der Waals surface area contributed by atoms with Crippen LogP contribution in [0.3, 0.4) is 0 Å². The zero-order chi connectivity index (χ0) is 10.7. The average molecular weight is 212 g/mol. The Morgan fingerprint density at radius 1 is 1.00 bits per heavy atom. The van der Waals surface area contributed by atoms with E-state index in [-0.39, 0.29) is 18.2 Å². The number of aliphatic hydroxyl groups excluding tert-OH is 1. The van der Waals surface area contributed by atoms with E-state index in [9.17, 15) is 9.90 Å². The smallest absolute Gasteiger partial charge is 0.315 e. The van der Waals surface area contributed by atoms with Gasteiger partial charge in [0.2, 0.25) is 0 Å². The first-order valence-electron chi connectivity index (χ1n) is 6.01. The van der Waals surface area contributed by atoms with Crippen molar-refractivity contribution in [2.75, 3.05) is 0 Å². The first kappa shape index (κ1) is 10.7. The minimum absolute atomic E-state index is 0.0498. The van der Waals surface area contributed by atoms with E-state index in [1.54, 1.807) is 0 Å². The Morgan fingerprint density at radius 3 is 2.47 bits per heavy atom. The summed E-state index contributed by atoms with van der Waals surface area (Å²) in [7, 11) is 0. The molecule has 4 nitrogen and oxygen atoms in total. The molecule has 15 heavy (non-hydrogen) atoms. The van der Waals surface area contributed by atoms with E-state index < -0.39 is 0 Å². The number of carbonyl (C=O) groups excluding carboxylic acids is 1. The second-order valence-electron chi connectivity index (χ2n) is 4.70. The third-order valence-electron chi connectivity index (χ3n) is 3.21. The van der Waals surface area contributed by atoms with Gasteiger partial charge in [-0.1, -0.05) is 19.3 Å². The maximum absolute atomic E-state index is 11.5. The third-order valence-corrected chi connectivity index (χ3v) is 3.21. The molecule has 2 aliphatic rings. The Balaban J connectivity index is 1.76. The molecule has 3 N–H and O–H groups in total. The van der Waals surface area contributed by atoms with Gasteiger partial charge in [-0.2, -0.15) is 0 Å². The molecule has 0 saturated heterocycles. The summed E-state index contributed by atoms with van der Waals surface area (Å²) in [5, 5.41) is 15.6. The monoisotopic (exact) mass is 212 g/mol. The standard InChI is InChI=1S/C11H20N2O2/c14-10-5-3-1-2-4-9(10)13-11(15)12-8-6-7-8/h8-10,14H,1-7H2,(H2,12,13,15). The fourth-order valence-electron chi connectivity index (χ4n) is 2.08. The Morgan fingerprint density at radius 2 is 1.73 bits per heavy atom. The molecule has 0 aliphatic heterocycles. The van der Waals surface area contributed by atoms with Gasteiger partial charge < -0.3 is 15.7 Å². The molecular weight excluding hydrogens is 192 g/mol. The van der Waals surface area contributed by atoms with E-state index in [0.717, 1.165) is 38.5 Å². The number of urea groups is 1. The number of hydrogen-bond acceptors (Lipinski definition) is 2. The second-order valence-corrected chi connectivity index (χ2v) is 4.70. The van der Waals surface area contributed by atoms with Crippen molar-refractivity contribution in [2.24, 2.45) is 0 Å². The Bertz CT molecular complexity index is 229. The highest BCUT2D eigenvalue weighted by atomic mass is 16.3. The number of carbonyl (C=O) groups is 1. The normalized spacial score (nSPS) is 31.8. The molecule has 0 aromatic carbocycles. The molecule has 2 atom stereocenters. The first-order chi connectivity index (χ1) is 7.25. The molecule has 4 heteroatoms. The van der Waals surface area contributed by atoms with Crippen LogP contribution in [0.15, 0.2) is 0 Å². The van der Waals surface area contributed by atoms with Gasteiger partial charge in [-0.3, -0.25) is 0 Å². The first-order valence-corrected chi connectivity index (χ1v) is 6.01. The summed E-state index contributed by atoms with van der Waals surface area (Å²) < 4.78 is 0. The zero-order valence-corrected chi connectivity index (χ0v) is 9.04. The molecular formula is C11H20N2O2. The van der Waals surface area contributed by atoms with Crippen LogP contribution in [-0.2, 0) is 0 Å². The van der Waals surface area contributed by atoms with Crippen molar-refractivity contribution in [3.8, 4) is 0 Å². The number of aliphatic hydroxyl groups is 1. The molecule has 2 rings (SSSR count). The van der Waals surface area contributed by atoms with Crippen LogP contribution in [0.5, 0.6) is 0 Å². The molecule has 2 unspecified atom stereocenters. The summed E-state index contributed by atoms with van der Waals surface area (Å²) in [6.45, 7) is 0. The van der Waals surface area contributed by atoms with Gasteiger partial charge in [0.1, 0.15) is 0 Å². The summed E-state index contributed by atoms with van der Waals surface area (Å²) in [5.41, 5.74) is 0. The van der Waals surface area contributed by atoms with Gasteiger partial charge in [0.25, 0.3) is 0 Å². The van der Waals surface area contributed by atoms with E-state index in [1.807, 2.05) is 0 Å². The van der Waals surface area contributed by atoms with Gasteiger partial charge in [0.05, 0.1) is 12.1 Å². The number of hydrogen-bond donors (Lipinski definition) is 3. The van der Waals surface area contributed by atoms with E-state index in [2.05, 4.69) is 10.6 Å². The van der Waals surface area contributed by atoms with E-state index in [1.165, 1.54) is 6.42 Å². The van der Waals surface area contributed by atoms with Crippen molar-refractivity contribution in [1.82, 2.24) is 10.6 Å². The van der Waals surface area contributed by atoms with Gasteiger partial charge in [-0.15, -0.1) is 0 Å². The molecule has 2 fully saturated rings. The minimum atomic E-state index is -0.363. The molecule has 0 radical (unpaired) electrons. The van der Waals surface area contributed by atoms with Crippen molar-refractivity contribution >= 4 is 6.03 Å².